The molecule has 0 saturated heterocycles. The smallest absolute Gasteiger partial charge is 0.0705 e. The van der Waals surface area contributed by atoms with Crippen molar-refractivity contribution in [2.75, 3.05) is 20.3 Å². The molecule has 2 N–H and O–H groups in total. The topological polar surface area (TPSA) is 49.7 Å². The van der Waals surface area contributed by atoms with Gasteiger partial charge in [-0.1, -0.05) is 98.9 Å². The van der Waals surface area contributed by atoms with E-state index in [-0.39, 0.29) is 17.6 Å². The Morgan fingerprint density at radius 2 is 1.37 bits per heavy atom. The third kappa shape index (κ3) is 10.4. The number of fused-ring (bicyclic) bond motifs is 3. The first-order valence-corrected chi connectivity index (χ1v) is 16.0. The molecular weight excluding hydrogens is 604 g/mol. The fraction of sp³-hybridized carbons (Fsp3) is 0.636. The van der Waals surface area contributed by atoms with Gasteiger partial charge in [0.25, 0.3) is 0 Å². The van der Waals surface area contributed by atoms with Crippen LogP contribution in [0, 0.1) is 5.92 Å². The molecule has 3 nitrogen and oxygen atoms in total. The Hall–Kier alpha value is -0.720. The molecule has 1 aliphatic rings. The number of ether oxygens (including phenoxy) is 1. The second kappa shape index (κ2) is 19.4. The monoisotopic (exact) mass is 656 g/mol. The van der Waals surface area contributed by atoms with Crippen molar-refractivity contribution in [3.8, 4) is 11.1 Å². The predicted octanol–water partition coefficient (Wildman–Crippen LogP) is 10.3. The number of hydrogen-bond acceptors (Lipinski definition) is 3. The maximum atomic E-state index is 9.22. The first-order valence-electron chi connectivity index (χ1n) is 14.5. The summed E-state index contributed by atoms with van der Waals surface area (Å²) in [7, 11) is 1.00. The first-order chi connectivity index (χ1) is 18.2. The third-order valence-corrected chi connectivity index (χ3v) is 8.02. The van der Waals surface area contributed by atoms with Gasteiger partial charge in [0.2, 0.25) is 0 Å². The highest BCUT2D eigenvalue weighted by Gasteiger charge is 2.43. The Morgan fingerprint density at radius 3 is 1.76 bits per heavy atom. The summed E-state index contributed by atoms with van der Waals surface area (Å²) in [6.07, 6.45) is 7.74. The molecule has 0 radical (unpaired) electrons. The van der Waals surface area contributed by atoms with Gasteiger partial charge in [0.15, 0.2) is 0 Å². The zero-order chi connectivity index (χ0) is 29.4. The van der Waals surface area contributed by atoms with E-state index >= 15 is 0 Å². The summed E-state index contributed by atoms with van der Waals surface area (Å²) in [5, 5.41) is 16.2. The summed E-state index contributed by atoms with van der Waals surface area (Å²) in [4.78, 5) is 0. The van der Waals surface area contributed by atoms with Gasteiger partial charge in [-0.05, 0) is 97.9 Å². The van der Waals surface area contributed by atoms with Crippen LogP contribution in [0.4, 0.5) is 0 Å². The molecule has 218 valence electrons. The molecule has 0 aliphatic heterocycles. The van der Waals surface area contributed by atoms with Gasteiger partial charge in [0.05, 0.1) is 18.8 Å². The van der Waals surface area contributed by atoms with Crippen LogP contribution in [0.3, 0.4) is 0 Å². The lowest BCUT2D eigenvalue weighted by atomic mass is 9.69. The molecule has 5 heteroatoms. The lowest BCUT2D eigenvalue weighted by molar-refractivity contribution is -0.0551. The molecule has 0 saturated carbocycles. The number of benzene rings is 2. The van der Waals surface area contributed by atoms with Crippen molar-refractivity contribution < 1.29 is 14.9 Å². The normalized spacial score (nSPS) is 14.1. The zero-order valence-corrected chi connectivity index (χ0v) is 28.6. The second-order valence-electron chi connectivity index (χ2n) is 10.3. The molecule has 0 fully saturated rings. The van der Waals surface area contributed by atoms with Gasteiger partial charge in [-0.3, -0.25) is 0 Å². The van der Waals surface area contributed by atoms with Gasteiger partial charge >= 0.3 is 0 Å². The van der Waals surface area contributed by atoms with Crippen molar-refractivity contribution in [3.63, 3.8) is 0 Å². The molecule has 1 atom stereocenters. The highest BCUT2D eigenvalue weighted by Crippen LogP contribution is 2.55. The van der Waals surface area contributed by atoms with Crippen LogP contribution < -0.4 is 0 Å². The summed E-state index contributed by atoms with van der Waals surface area (Å²) in [6, 6.07) is 13.6. The summed E-state index contributed by atoms with van der Waals surface area (Å²) < 4.78 is 8.34. The molecule has 2 aromatic rings. The molecule has 38 heavy (non-hydrogen) atoms. The van der Waals surface area contributed by atoms with Gasteiger partial charge in [-0.25, -0.2) is 0 Å². The van der Waals surface area contributed by atoms with Gasteiger partial charge in [-0.2, -0.15) is 0 Å². The van der Waals surface area contributed by atoms with Crippen LogP contribution in [0.2, 0.25) is 0 Å². The molecule has 0 bridgehead atoms. The lowest BCUT2D eigenvalue weighted by Crippen LogP contribution is -2.31. The number of aliphatic hydroxyl groups is 2. The highest BCUT2D eigenvalue weighted by molar-refractivity contribution is 9.10. The van der Waals surface area contributed by atoms with Crippen LogP contribution in [0.15, 0.2) is 45.3 Å². The zero-order valence-electron chi connectivity index (χ0n) is 25.5. The van der Waals surface area contributed by atoms with E-state index in [2.05, 4.69) is 110 Å². The van der Waals surface area contributed by atoms with E-state index in [0.717, 1.165) is 48.2 Å². The van der Waals surface area contributed by atoms with E-state index in [9.17, 15) is 5.11 Å². The average Bonchev–Trinajstić information content (AvgIpc) is 3.17. The Kier molecular flexibility index (Phi) is 19.0. The molecule has 3 rings (SSSR count). The minimum absolute atomic E-state index is 0.0220. The molecule has 0 aromatic heterocycles. The standard InChI is InChI=1S/C27H36Br2O2.C3H8.C2H6.CH4O/c1-5-26(4,31-16-15-30)12-6-13-27(14-11-19(2)3)24-17-20(28)7-9-22(24)23-10-8-21(29)18-25(23)27;1-3-2;2*1-2/h7-10,17-19,30H,5-6,11-16H2,1-4H3;3H2,1-2H3;1-2H3;2H,1H3. The SMILES string of the molecule is CC.CCC.CCC(C)(CCCC1(CCC(C)C)c2cc(Br)ccc2-c2ccc(Br)cc21)OCCO.CO. The van der Waals surface area contributed by atoms with Crippen molar-refractivity contribution in [2.45, 2.75) is 111 Å². The van der Waals surface area contributed by atoms with Crippen LogP contribution in [0.25, 0.3) is 11.1 Å². The van der Waals surface area contributed by atoms with E-state index in [0.29, 0.717) is 12.5 Å². The van der Waals surface area contributed by atoms with Crippen molar-refractivity contribution >= 4 is 31.9 Å². The Balaban J connectivity index is 0.00000179. The first kappa shape index (κ1) is 37.3. The highest BCUT2D eigenvalue weighted by atomic mass is 79.9. The van der Waals surface area contributed by atoms with Gasteiger partial charge < -0.3 is 14.9 Å². The van der Waals surface area contributed by atoms with Crippen molar-refractivity contribution in [2.24, 2.45) is 5.92 Å². The minimum atomic E-state index is -0.180. The van der Waals surface area contributed by atoms with Crippen LogP contribution in [0.1, 0.15) is 111 Å². The van der Waals surface area contributed by atoms with E-state index in [4.69, 9.17) is 9.84 Å². The van der Waals surface area contributed by atoms with E-state index in [1.165, 1.54) is 35.1 Å². The fourth-order valence-electron chi connectivity index (χ4n) is 5.05. The van der Waals surface area contributed by atoms with Crippen molar-refractivity contribution in [1.82, 2.24) is 0 Å². The Bertz CT molecular complexity index is 862. The molecule has 2 aromatic carbocycles. The predicted molar refractivity (Wildman–Crippen MR) is 173 cm³/mol. The molecule has 0 heterocycles. The quantitative estimate of drug-likeness (QED) is 0.253. The van der Waals surface area contributed by atoms with Gasteiger partial charge in [0.1, 0.15) is 0 Å². The van der Waals surface area contributed by atoms with E-state index in [1.807, 2.05) is 13.8 Å². The third-order valence-electron chi connectivity index (χ3n) is 7.03. The Labute approximate surface area is 251 Å². The van der Waals surface area contributed by atoms with Crippen molar-refractivity contribution in [3.05, 3.63) is 56.5 Å². The maximum absolute atomic E-state index is 9.22. The van der Waals surface area contributed by atoms with E-state index in [1.54, 1.807) is 0 Å². The largest absolute Gasteiger partial charge is 0.400 e. The summed E-state index contributed by atoms with van der Waals surface area (Å²) in [5.41, 5.74) is 5.53. The number of rotatable bonds is 11. The van der Waals surface area contributed by atoms with Crippen LogP contribution in [0.5, 0.6) is 0 Å². The summed E-state index contributed by atoms with van der Waals surface area (Å²) >= 11 is 7.49. The summed E-state index contributed by atoms with van der Waals surface area (Å²) in [6.45, 7) is 17.8. The van der Waals surface area contributed by atoms with Crippen molar-refractivity contribution in [1.29, 1.82) is 0 Å². The number of hydrogen-bond donors (Lipinski definition) is 2. The van der Waals surface area contributed by atoms with E-state index < -0.39 is 0 Å². The molecule has 1 unspecified atom stereocenters. The van der Waals surface area contributed by atoms with Gasteiger partial charge in [0, 0.05) is 21.5 Å². The summed E-state index contributed by atoms with van der Waals surface area (Å²) in [5.74, 6) is 0.664. The lowest BCUT2D eigenvalue weighted by Gasteiger charge is -2.35. The molecule has 1 aliphatic carbocycles. The fourth-order valence-corrected chi connectivity index (χ4v) is 5.77. The van der Waals surface area contributed by atoms with Crippen LogP contribution in [-0.4, -0.2) is 36.1 Å². The van der Waals surface area contributed by atoms with Gasteiger partial charge in [-0.15, -0.1) is 0 Å². The second-order valence-corrected chi connectivity index (χ2v) is 12.2. The number of halogens is 2. The Morgan fingerprint density at radius 1 is 0.895 bits per heavy atom. The van der Waals surface area contributed by atoms with Crippen LogP contribution >= 0.6 is 31.9 Å². The minimum Gasteiger partial charge on any atom is -0.400 e. The average molecular weight is 659 g/mol. The maximum Gasteiger partial charge on any atom is 0.0705 e. The number of aliphatic hydroxyl groups excluding tert-OH is 2. The van der Waals surface area contributed by atoms with Crippen LogP contribution in [-0.2, 0) is 10.2 Å². The molecule has 0 spiro atoms. The molecular formula is C33H54Br2O3. The molecule has 0 amide bonds.